The summed E-state index contributed by atoms with van der Waals surface area (Å²) in [6.45, 7) is 5.75. The van der Waals surface area contributed by atoms with Crippen LogP contribution in [0.5, 0.6) is 0 Å². The quantitative estimate of drug-likeness (QED) is 0.468. The molecule has 34 heavy (non-hydrogen) atoms. The van der Waals surface area contributed by atoms with Crippen molar-refractivity contribution in [3.8, 4) is 5.88 Å². The van der Waals surface area contributed by atoms with Crippen LogP contribution in [0.25, 0.3) is 17.5 Å². The zero-order valence-corrected chi connectivity index (χ0v) is 19.0. The Morgan fingerprint density at radius 2 is 1.82 bits per heavy atom. The standard InChI is InChI=1S/C26H23N3O5/c1-4-32-25(31)20-19(17-12-8-6-10-15(17)3)21-23(34-26(27)28-21)29-18(24(30)33-22(20)29)13-16-11-7-5-9-14(16)2/h5-13,19H,4H2,1-3H3,(H2,27,28)/b18-13+. The monoisotopic (exact) mass is 457 g/mol. The third kappa shape index (κ3) is 3.35. The highest BCUT2D eigenvalue weighted by molar-refractivity contribution is 6.12. The molecule has 1 atom stereocenters. The Morgan fingerprint density at radius 1 is 1.12 bits per heavy atom. The van der Waals surface area contributed by atoms with Crippen molar-refractivity contribution in [1.29, 1.82) is 0 Å². The predicted molar refractivity (Wildman–Crippen MR) is 126 cm³/mol. The number of carbonyl (C=O) groups is 1. The molecule has 172 valence electrons. The number of ether oxygens (including phenoxy) is 1. The van der Waals surface area contributed by atoms with Gasteiger partial charge in [0.05, 0.1) is 12.5 Å². The molecule has 1 unspecified atom stereocenters. The van der Waals surface area contributed by atoms with E-state index in [1.807, 2.05) is 62.4 Å². The van der Waals surface area contributed by atoms with Gasteiger partial charge >= 0.3 is 11.6 Å². The molecule has 0 saturated carbocycles. The van der Waals surface area contributed by atoms with Crippen molar-refractivity contribution < 1.29 is 18.4 Å². The lowest BCUT2D eigenvalue weighted by molar-refractivity contribution is -0.136. The van der Waals surface area contributed by atoms with Crippen LogP contribution in [0.15, 0.2) is 62.2 Å². The van der Waals surface area contributed by atoms with Crippen LogP contribution in [0.2, 0.25) is 0 Å². The van der Waals surface area contributed by atoms with E-state index in [4.69, 9.17) is 19.3 Å². The molecule has 2 aromatic heterocycles. The lowest BCUT2D eigenvalue weighted by Gasteiger charge is -2.23. The third-order valence-electron chi connectivity index (χ3n) is 5.96. The van der Waals surface area contributed by atoms with Gasteiger partial charge in [0, 0.05) is 0 Å². The molecule has 0 amide bonds. The molecule has 4 aromatic rings. The second-order valence-corrected chi connectivity index (χ2v) is 8.08. The van der Waals surface area contributed by atoms with Crippen LogP contribution in [-0.4, -0.2) is 22.1 Å². The number of nitrogens with zero attached hydrogens (tertiary/aromatic N) is 2. The van der Waals surface area contributed by atoms with Crippen LogP contribution >= 0.6 is 0 Å². The molecule has 1 aliphatic rings. The van der Waals surface area contributed by atoms with Gasteiger partial charge in [0.1, 0.15) is 16.6 Å². The minimum absolute atomic E-state index is 0.0418. The van der Waals surface area contributed by atoms with E-state index in [0.717, 1.165) is 22.3 Å². The number of fused-ring (bicyclic) bond motifs is 3. The number of hydrogen-bond donors (Lipinski definition) is 1. The number of benzene rings is 2. The molecule has 3 heterocycles. The van der Waals surface area contributed by atoms with Crippen molar-refractivity contribution in [2.45, 2.75) is 26.7 Å². The van der Waals surface area contributed by atoms with E-state index in [-0.39, 0.29) is 35.0 Å². The number of rotatable bonds is 4. The SMILES string of the molecule is CCOC(=O)C1=c2oc(=O)/c(=C\c3ccccc3C)n2-c2oc(N)nc2C1c1ccccc1C. The number of aromatic nitrogens is 2. The summed E-state index contributed by atoms with van der Waals surface area (Å²) in [7, 11) is 0. The minimum atomic E-state index is -0.687. The van der Waals surface area contributed by atoms with E-state index >= 15 is 0 Å². The molecule has 0 radical (unpaired) electrons. The maximum absolute atomic E-state index is 13.3. The number of nitrogen functional groups attached to an aromatic ring is 1. The summed E-state index contributed by atoms with van der Waals surface area (Å²) >= 11 is 0. The molecule has 2 N–H and O–H groups in total. The maximum atomic E-state index is 13.3. The Balaban J connectivity index is 1.94. The van der Waals surface area contributed by atoms with Gasteiger partial charge in [-0.05, 0) is 49.1 Å². The smallest absolute Gasteiger partial charge is 0.362 e. The Bertz CT molecular complexity index is 1610. The average molecular weight is 457 g/mol. The first-order valence-electron chi connectivity index (χ1n) is 10.9. The average Bonchev–Trinajstić information content (AvgIpc) is 3.34. The Morgan fingerprint density at radius 3 is 2.53 bits per heavy atom. The first-order valence-corrected chi connectivity index (χ1v) is 10.9. The van der Waals surface area contributed by atoms with Gasteiger partial charge in [-0.15, -0.1) is 0 Å². The predicted octanol–water partition coefficient (Wildman–Crippen LogP) is 2.31. The molecule has 0 saturated heterocycles. The summed E-state index contributed by atoms with van der Waals surface area (Å²) in [6, 6.07) is 15.1. The Labute approximate surface area is 194 Å². The highest BCUT2D eigenvalue weighted by Crippen LogP contribution is 2.39. The topological polar surface area (TPSA) is 113 Å². The van der Waals surface area contributed by atoms with Gasteiger partial charge in [-0.25, -0.2) is 14.2 Å². The molecule has 5 rings (SSSR count). The number of aryl methyl sites for hydroxylation is 2. The Hall–Kier alpha value is -4.33. The van der Waals surface area contributed by atoms with E-state index in [9.17, 15) is 9.59 Å². The molecule has 0 bridgehead atoms. The second-order valence-electron chi connectivity index (χ2n) is 8.08. The van der Waals surface area contributed by atoms with Gasteiger partial charge in [0.25, 0.3) is 6.01 Å². The van der Waals surface area contributed by atoms with Crippen molar-refractivity contribution in [3.05, 3.63) is 97.8 Å². The van der Waals surface area contributed by atoms with Crippen molar-refractivity contribution in [2.75, 3.05) is 12.3 Å². The highest BCUT2D eigenvalue weighted by atomic mass is 16.5. The zero-order valence-electron chi connectivity index (χ0n) is 19.0. The van der Waals surface area contributed by atoms with E-state index in [2.05, 4.69) is 4.98 Å². The zero-order chi connectivity index (χ0) is 24.0. The molecule has 8 heteroatoms. The lowest BCUT2D eigenvalue weighted by atomic mass is 9.84. The van der Waals surface area contributed by atoms with Crippen LogP contribution in [0.3, 0.4) is 0 Å². The second kappa shape index (κ2) is 8.22. The minimum Gasteiger partial charge on any atom is -0.462 e. The van der Waals surface area contributed by atoms with Crippen LogP contribution in [0, 0.1) is 13.8 Å². The number of anilines is 1. The molecule has 0 fully saturated rings. The first-order chi connectivity index (χ1) is 16.4. The molecule has 1 aliphatic heterocycles. The number of nitrogens with two attached hydrogens (primary N) is 1. The van der Waals surface area contributed by atoms with Crippen LogP contribution < -0.4 is 22.3 Å². The fraction of sp³-hybridized carbons (Fsp3) is 0.192. The largest absolute Gasteiger partial charge is 0.462 e. The van der Waals surface area contributed by atoms with Crippen molar-refractivity contribution >= 4 is 23.6 Å². The normalized spacial score (nSPS) is 15.2. The molecular weight excluding hydrogens is 434 g/mol. The number of hydrogen-bond acceptors (Lipinski definition) is 7. The summed E-state index contributed by atoms with van der Waals surface area (Å²) in [5, 5.41) is 0.187. The molecule has 2 aromatic carbocycles. The van der Waals surface area contributed by atoms with Gasteiger partial charge in [-0.2, -0.15) is 4.98 Å². The van der Waals surface area contributed by atoms with Crippen LogP contribution in [-0.2, 0) is 9.53 Å². The van der Waals surface area contributed by atoms with E-state index in [1.165, 1.54) is 4.57 Å². The molecule has 0 spiro atoms. The summed E-state index contributed by atoms with van der Waals surface area (Å²) in [5.74, 6) is -1.06. The summed E-state index contributed by atoms with van der Waals surface area (Å²) in [4.78, 5) is 30.8. The van der Waals surface area contributed by atoms with Crippen molar-refractivity contribution in [1.82, 2.24) is 9.55 Å². The summed E-state index contributed by atoms with van der Waals surface area (Å²) < 4.78 is 18.3. The fourth-order valence-corrected chi connectivity index (χ4v) is 4.36. The summed E-state index contributed by atoms with van der Waals surface area (Å²) in [6.07, 6.45) is 1.70. The van der Waals surface area contributed by atoms with Gasteiger partial charge in [0.15, 0.2) is 0 Å². The lowest BCUT2D eigenvalue weighted by Crippen LogP contribution is -2.37. The van der Waals surface area contributed by atoms with E-state index in [0.29, 0.717) is 5.69 Å². The van der Waals surface area contributed by atoms with E-state index in [1.54, 1.807) is 13.0 Å². The van der Waals surface area contributed by atoms with Crippen molar-refractivity contribution in [3.63, 3.8) is 0 Å². The maximum Gasteiger partial charge on any atom is 0.362 e. The number of oxazole rings is 2. The Kier molecular flexibility index (Phi) is 5.20. The van der Waals surface area contributed by atoms with Crippen LogP contribution in [0.1, 0.15) is 40.8 Å². The van der Waals surface area contributed by atoms with Gasteiger partial charge in [-0.1, -0.05) is 48.5 Å². The highest BCUT2D eigenvalue weighted by Gasteiger charge is 2.40. The van der Waals surface area contributed by atoms with E-state index < -0.39 is 17.5 Å². The number of esters is 1. The van der Waals surface area contributed by atoms with Crippen molar-refractivity contribution in [2.24, 2.45) is 0 Å². The first kappa shape index (κ1) is 21.5. The van der Waals surface area contributed by atoms with Gasteiger partial charge in [-0.3, -0.25) is 0 Å². The van der Waals surface area contributed by atoms with Gasteiger partial charge in [0.2, 0.25) is 11.4 Å². The molecular formula is C26H23N3O5. The molecule has 8 nitrogen and oxygen atoms in total. The summed E-state index contributed by atoms with van der Waals surface area (Å²) in [5.41, 5.74) is 9.49. The van der Waals surface area contributed by atoms with Crippen LogP contribution in [0.4, 0.5) is 6.01 Å². The third-order valence-corrected chi connectivity index (χ3v) is 5.96. The fourth-order valence-electron chi connectivity index (χ4n) is 4.36. The molecule has 0 aliphatic carbocycles. The van der Waals surface area contributed by atoms with Gasteiger partial charge < -0.3 is 19.3 Å². The number of carbonyl (C=O) groups excluding carboxylic acids is 1.